The van der Waals surface area contributed by atoms with Crippen molar-refractivity contribution in [2.45, 2.75) is 11.8 Å². The summed E-state index contributed by atoms with van der Waals surface area (Å²) in [6.07, 6.45) is 3.03. The Balaban J connectivity index is 1.79. The SMILES string of the molecule is Cc1cc2c(cc1S(=O)(=O)N(C)CC(=O)Nc1cccnc1)OCC(=O)N2. The average Bonchev–Trinajstić information content (AvgIpc) is 2.61. The van der Waals surface area contributed by atoms with Crippen LogP contribution in [0.5, 0.6) is 5.75 Å². The molecule has 3 rings (SSSR count). The van der Waals surface area contributed by atoms with Crippen LogP contribution >= 0.6 is 0 Å². The molecule has 0 saturated carbocycles. The number of aromatic nitrogens is 1. The lowest BCUT2D eigenvalue weighted by Crippen LogP contribution is -2.35. The molecule has 1 aliphatic rings. The molecule has 1 aromatic heterocycles. The monoisotopic (exact) mass is 390 g/mol. The third kappa shape index (κ3) is 4.07. The molecular formula is C17H18N4O5S. The molecule has 142 valence electrons. The molecule has 2 N–H and O–H groups in total. The molecule has 0 unspecified atom stereocenters. The summed E-state index contributed by atoms with van der Waals surface area (Å²) >= 11 is 0. The normalized spacial score (nSPS) is 13.5. The van der Waals surface area contributed by atoms with E-state index >= 15 is 0 Å². The van der Waals surface area contributed by atoms with Crippen molar-refractivity contribution >= 4 is 33.2 Å². The van der Waals surface area contributed by atoms with Crippen molar-refractivity contribution < 1.29 is 22.7 Å². The second-order valence-corrected chi connectivity index (χ2v) is 8.01. The van der Waals surface area contributed by atoms with E-state index in [0.29, 0.717) is 16.9 Å². The van der Waals surface area contributed by atoms with Gasteiger partial charge < -0.3 is 15.4 Å². The number of nitrogens with zero attached hydrogens (tertiary/aromatic N) is 2. The number of fused-ring (bicyclic) bond motifs is 1. The Morgan fingerprint density at radius 1 is 1.41 bits per heavy atom. The first-order valence-corrected chi connectivity index (χ1v) is 9.45. The van der Waals surface area contributed by atoms with E-state index in [2.05, 4.69) is 15.6 Å². The van der Waals surface area contributed by atoms with Gasteiger partial charge in [0.2, 0.25) is 15.9 Å². The molecule has 0 spiro atoms. The zero-order chi connectivity index (χ0) is 19.6. The highest BCUT2D eigenvalue weighted by Crippen LogP contribution is 2.33. The first kappa shape index (κ1) is 18.8. The summed E-state index contributed by atoms with van der Waals surface area (Å²) in [5.41, 5.74) is 1.32. The summed E-state index contributed by atoms with van der Waals surface area (Å²) in [4.78, 5) is 27.4. The number of nitrogens with one attached hydrogen (secondary N) is 2. The van der Waals surface area contributed by atoms with Crippen molar-refractivity contribution in [2.24, 2.45) is 0 Å². The van der Waals surface area contributed by atoms with Crippen molar-refractivity contribution in [2.75, 3.05) is 30.8 Å². The maximum atomic E-state index is 12.9. The van der Waals surface area contributed by atoms with Gasteiger partial charge in [-0.3, -0.25) is 14.6 Å². The lowest BCUT2D eigenvalue weighted by molar-refractivity contribution is -0.118. The molecule has 10 heteroatoms. The summed E-state index contributed by atoms with van der Waals surface area (Å²) < 4.78 is 32.0. The molecule has 27 heavy (non-hydrogen) atoms. The first-order valence-electron chi connectivity index (χ1n) is 8.01. The highest BCUT2D eigenvalue weighted by Gasteiger charge is 2.28. The number of likely N-dealkylation sites (N-methyl/N-ethyl adjacent to an activating group) is 1. The fourth-order valence-electron chi connectivity index (χ4n) is 2.59. The Hall–Kier alpha value is -2.98. The lowest BCUT2D eigenvalue weighted by Gasteiger charge is -2.22. The molecule has 0 aliphatic carbocycles. The number of ether oxygens (including phenoxy) is 1. The summed E-state index contributed by atoms with van der Waals surface area (Å²) in [7, 11) is -2.62. The minimum atomic E-state index is -3.94. The Labute approximate surface area is 156 Å². The van der Waals surface area contributed by atoms with Crippen molar-refractivity contribution in [1.29, 1.82) is 0 Å². The molecule has 1 aliphatic heterocycles. The minimum absolute atomic E-state index is 0.00840. The van der Waals surface area contributed by atoms with Crippen LogP contribution in [0.3, 0.4) is 0 Å². The fourth-order valence-corrected chi connectivity index (χ4v) is 3.93. The first-order chi connectivity index (χ1) is 12.8. The van der Waals surface area contributed by atoms with Crippen LogP contribution in [-0.2, 0) is 19.6 Å². The molecule has 0 bridgehead atoms. The van der Waals surface area contributed by atoms with Crippen LogP contribution in [0.15, 0.2) is 41.6 Å². The number of hydrogen-bond donors (Lipinski definition) is 2. The lowest BCUT2D eigenvalue weighted by atomic mass is 10.2. The van der Waals surface area contributed by atoms with E-state index in [-0.39, 0.29) is 29.7 Å². The van der Waals surface area contributed by atoms with Gasteiger partial charge in [-0.25, -0.2) is 8.42 Å². The van der Waals surface area contributed by atoms with Gasteiger partial charge in [0.15, 0.2) is 6.61 Å². The van der Waals surface area contributed by atoms with Gasteiger partial charge in [-0.2, -0.15) is 4.31 Å². The minimum Gasteiger partial charge on any atom is -0.482 e. The number of aryl methyl sites for hydroxylation is 1. The van der Waals surface area contributed by atoms with Crippen molar-refractivity contribution in [1.82, 2.24) is 9.29 Å². The molecule has 2 amide bonds. The number of carbonyl (C=O) groups excluding carboxylic acids is 2. The van der Waals surface area contributed by atoms with E-state index in [9.17, 15) is 18.0 Å². The molecular weight excluding hydrogens is 372 g/mol. The van der Waals surface area contributed by atoms with Gasteiger partial charge in [-0.05, 0) is 30.7 Å². The van der Waals surface area contributed by atoms with Crippen LogP contribution in [-0.4, -0.2) is 49.7 Å². The number of hydrogen-bond acceptors (Lipinski definition) is 6. The third-order valence-corrected chi connectivity index (χ3v) is 5.86. The van der Waals surface area contributed by atoms with E-state index in [1.54, 1.807) is 25.3 Å². The number of benzene rings is 1. The second kappa shape index (κ2) is 7.33. The van der Waals surface area contributed by atoms with E-state index < -0.39 is 15.9 Å². The Morgan fingerprint density at radius 2 is 2.19 bits per heavy atom. The van der Waals surface area contributed by atoms with Gasteiger partial charge in [-0.15, -0.1) is 0 Å². The van der Waals surface area contributed by atoms with Gasteiger partial charge >= 0.3 is 0 Å². The quantitative estimate of drug-likeness (QED) is 0.786. The molecule has 2 heterocycles. The third-order valence-electron chi connectivity index (χ3n) is 3.91. The van der Waals surface area contributed by atoms with Gasteiger partial charge in [0.05, 0.1) is 29.0 Å². The standard InChI is InChI=1S/C17H18N4O5S/c1-11-6-13-14(26-10-17(23)20-13)7-15(11)27(24,25)21(2)9-16(22)19-12-4-3-5-18-8-12/h3-8H,9-10H2,1-2H3,(H,19,22)(H,20,23). The van der Waals surface area contributed by atoms with Crippen LogP contribution in [0.1, 0.15) is 5.56 Å². The summed E-state index contributed by atoms with van der Waals surface area (Å²) in [5, 5.41) is 5.21. The van der Waals surface area contributed by atoms with E-state index in [0.717, 1.165) is 4.31 Å². The van der Waals surface area contributed by atoms with Crippen molar-refractivity contribution in [3.8, 4) is 5.75 Å². The zero-order valence-corrected chi connectivity index (χ0v) is 15.5. The highest BCUT2D eigenvalue weighted by atomic mass is 32.2. The van der Waals surface area contributed by atoms with Crippen LogP contribution in [0.2, 0.25) is 0 Å². The van der Waals surface area contributed by atoms with E-state index in [1.807, 2.05) is 0 Å². The molecule has 0 radical (unpaired) electrons. The number of sulfonamides is 1. The summed E-state index contributed by atoms with van der Waals surface area (Å²) in [5.74, 6) is -0.526. The topological polar surface area (TPSA) is 118 Å². The van der Waals surface area contributed by atoms with E-state index in [1.165, 1.54) is 25.4 Å². The number of amides is 2. The fraction of sp³-hybridized carbons (Fsp3) is 0.235. The molecule has 2 aromatic rings. The van der Waals surface area contributed by atoms with Crippen LogP contribution in [0, 0.1) is 6.92 Å². The second-order valence-electron chi connectivity index (χ2n) is 6.00. The number of pyridine rings is 1. The summed E-state index contributed by atoms with van der Waals surface area (Å²) in [6.45, 7) is 1.06. The molecule has 0 atom stereocenters. The number of rotatable bonds is 5. The number of carbonyl (C=O) groups is 2. The largest absolute Gasteiger partial charge is 0.482 e. The van der Waals surface area contributed by atoms with Crippen LogP contribution in [0.4, 0.5) is 11.4 Å². The predicted octanol–water partition coefficient (Wildman–Crippen LogP) is 0.980. The van der Waals surface area contributed by atoms with Crippen LogP contribution < -0.4 is 15.4 Å². The zero-order valence-electron chi connectivity index (χ0n) is 14.7. The Kier molecular flexibility index (Phi) is 5.10. The highest BCUT2D eigenvalue weighted by molar-refractivity contribution is 7.89. The van der Waals surface area contributed by atoms with Crippen LogP contribution in [0.25, 0.3) is 0 Å². The Morgan fingerprint density at radius 3 is 2.89 bits per heavy atom. The molecule has 1 aromatic carbocycles. The van der Waals surface area contributed by atoms with Gasteiger partial charge in [-0.1, -0.05) is 0 Å². The predicted molar refractivity (Wildman–Crippen MR) is 98.0 cm³/mol. The Bertz CT molecular complexity index is 992. The van der Waals surface area contributed by atoms with Crippen molar-refractivity contribution in [3.63, 3.8) is 0 Å². The maximum absolute atomic E-state index is 12.9. The smallest absolute Gasteiger partial charge is 0.262 e. The van der Waals surface area contributed by atoms with Crippen molar-refractivity contribution in [3.05, 3.63) is 42.2 Å². The maximum Gasteiger partial charge on any atom is 0.262 e. The van der Waals surface area contributed by atoms with Gasteiger partial charge in [0, 0.05) is 19.3 Å². The molecule has 0 saturated heterocycles. The number of anilines is 2. The molecule has 0 fully saturated rings. The van der Waals surface area contributed by atoms with E-state index in [4.69, 9.17) is 4.74 Å². The molecule has 9 nitrogen and oxygen atoms in total. The van der Waals surface area contributed by atoms with Gasteiger partial charge in [0.1, 0.15) is 5.75 Å². The summed E-state index contributed by atoms with van der Waals surface area (Å²) in [6, 6.07) is 6.20. The van der Waals surface area contributed by atoms with Gasteiger partial charge in [0.25, 0.3) is 5.91 Å². The average molecular weight is 390 g/mol.